The number of aromatic nitrogens is 2. The molecule has 0 saturated heterocycles. The molecule has 0 unspecified atom stereocenters. The number of rotatable bonds is 1. The largest absolute Gasteiger partial charge is 0.490 e. The molecule has 1 heterocycles. The van der Waals surface area contributed by atoms with E-state index < -0.39 is 24.3 Å². The third-order valence-electron chi connectivity index (χ3n) is 3.02. The van der Waals surface area contributed by atoms with E-state index in [1.807, 2.05) is 17.1 Å². The van der Waals surface area contributed by atoms with Gasteiger partial charge < -0.3 is 14.8 Å². The van der Waals surface area contributed by atoms with Gasteiger partial charge in [0.1, 0.15) is 0 Å². The van der Waals surface area contributed by atoms with Crippen LogP contribution in [-0.4, -0.2) is 44.1 Å². The zero-order valence-corrected chi connectivity index (χ0v) is 14.1. The van der Waals surface area contributed by atoms with E-state index in [2.05, 4.69) is 47.4 Å². The van der Waals surface area contributed by atoms with Crippen LogP contribution >= 0.6 is 0 Å². The Balaban J connectivity index is 0.000000255. The Morgan fingerprint density at radius 2 is 1.31 bits per heavy atom. The highest BCUT2D eigenvalue weighted by molar-refractivity contribution is 5.84. The number of halogens is 6. The van der Waals surface area contributed by atoms with Crippen LogP contribution in [0.4, 0.5) is 26.3 Å². The number of aliphatic carboxylic acids is 2. The Kier molecular flexibility index (Phi) is 7.75. The molecule has 0 spiro atoms. The lowest BCUT2D eigenvalue weighted by Crippen LogP contribution is -2.21. The summed E-state index contributed by atoms with van der Waals surface area (Å²) in [6, 6.07) is 14.7. The van der Waals surface area contributed by atoms with Crippen LogP contribution in [0.5, 0.6) is 0 Å². The first-order chi connectivity index (χ1) is 13.3. The normalized spacial score (nSPS) is 11.0. The summed E-state index contributed by atoms with van der Waals surface area (Å²) in [6.07, 6.45) is -4.62. The molecule has 156 valence electrons. The minimum Gasteiger partial charge on any atom is -0.475 e. The lowest BCUT2D eigenvalue weighted by atomic mass is 10.1. The maximum absolute atomic E-state index is 10.6. The van der Waals surface area contributed by atoms with Crippen molar-refractivity contribution in [3.63, 3.8) is 0 Å². The maximum atomic E-state index is 10.6. The highest BCUT2D eigenvalue weighted by Crippen LogP contribution is 2.18. The van der Waals surface area contributed by atoms with Gasteiger partial charge in [-0.05, 0) is 22.9 Å². The van der Waals surface area contributed by atoms with Gasteiger partial charge in [0.2, 0.25) is 0 Å². The van der Waals surface area contributed by atoms with Crippen molar-refractivity contribution in [2.45, 2.75) is 12.4 Å². The standard InChI is InChI=1S/C13H10N2.2C2HF3O2/c1-2-4-12-9-13(6-5-11(12)3-1)15-8-7-14-10-15;2*3-2(4,5)1(6)7/h1-10H;2*(H,6,7). The number of hydrogen-bond donors (Lipinski definition) is 2. The Labute approximate surface area is 158 Å². The van der Waals surface area contributed by atoms with Crippen molar-refractivity contribution in [3.8, 4) is 5.69 Å². The molecule has 3 aromatic rings. The first kappa shape index (κ1) is 23.5. The summed E-state index contributed by atoms with van der Waals surface area (Å²) in [7, 11) is 0. The molecular formula is C17H12F6N2O4. The van der Waals surface area contributed by atoms with E-state index in [9.17, 15) is 26.3 Å². The number of carboxylic acids is 2. The van der Waals surface area contributed by atoms with E-state index in [0.29, 0.717) is 0 Å². The van der Waals surface area contributed by atoms with Crippen molar-refractivity contribution in [3.05, 3.63) is 61.2 Å². The number of hydrogen-bond acceptors (Lipinski definition) is 3. The molecule has 0 fully saturated rings. The predicted octanol–water partition coefficient (Wildman–Crippen LogP) is 4.29. The van der Waals surface area contributed by atoms with Gasteiger partial charge in [-0.15, -0.1) is 0 Å². The van der Waals surface area contributed by atoms with Gasteiger partial charge in [-0.25, -0.2) is 14.6 Å². The summed E-state index contributed by atoms with van der Waals surface area (Å²) >= 11 is 0. The van der Waals surface area contributed by atoms with Crippen LogP contribution in [0.25, 0.3) is 16.5 Å². The quantitative estimate of drug-likeness (QED) is 0.571. The summed E-state index contributed by atoms with van der Waals surface area (Å²) < 4.78 is 65.5. The molecular weight excluding hydrogens is 410 g/mol. The van der Waals surface area contributed by atoms with Crippen LogP contribution in [-0.2, 0) is 9.59 Å². The molecule has 0 atom stereocenters. The predicted molar refractivity (Wildman–Crippen MR) is 88.5 cm³/mol. The lowest BCUT2D eigenvalue weighted by molar-refractivity contribution is -0.193. The second kappa shape index (κ2) is 9.57. The third-order valence-corrected chi connectivity index (χ3v) is 3.02. The highest BCUT2D eigenvalue weighted by atomic mass is 19.4. The van der Waals surface area contributed by atoms with Gasteiger partial charge >= 0.3 is 24.3 Å². The van der Waals surface area contributed by atoms with Gasteiger partial charge in [0.25, 0.3) is 0 Å². The van der Waals surface area contributed by atoms with Crippen molar-refractivity contribution >= 4 is 22.7 Å². The Bertz CT molecular complexity index is 928. The molecule has 0 amide bonds. The van der Waals surface area contributed by atoms with E-state index in [0.717, 1.165) is 5.69 Å². The van der Waals surface area contributed by atoms with Gasteiger partial charge in [-0.2, -0.15) is 26.3 Å². The summed E-state index contributed by atoms with van der Waals surface area (Å²) in [6.45, 7) is 0. The zero-order chi connectivity index (χ0) is 22.2. The van der Waals surface area contributed by atoms with E-state index in [-0.39, 0.29) is 0 Å². The minimum atomic E-state index is -5.08. The number of carbonyl (C=O) groups is 2. The second-order valence-corrected chi connectivity index (χ2v) is 5.11. The third kappa shape index (κ3) is 7.91. The fourth-order valence-electron chi connectivity index (χ4n) is 1.75. The van der Waals surface area contributed by atoms with E-state index in [1.54, 1.807) is 6.20 Å². The SMILES string of the molecule is O=C(O)C(F)(F)F.O=C(O)C(F)(F)F.c1ccc2cc(-n3ccnc3)ccc2c1. The van der Waals surface area contributed by atoms with Gasteiger partial charge in [0, 0.05) is 18.1 Å². The van der Waals surface area contributed by atoms with E-state index >= 15 is 0 Å². The number of alkyl halides is 6. The highest BCUT2D eigenvalue weighted by Gasteiger charge is 2.38. The Hall–Kier alpha value is -3.57. The van der Waals surface area contributed by atoms with Crippen molar-refractivity contribution in [1.29, 1.82) is 0 Å². The maximum Gasteiger partial charge on any atom is 0.490 e. The lowest BCUT2D eigenvalue weighted by Gasteiger charge is -2.03. The Morgan fingerprint density at radius 3 is 1.72 bits per heavy atom. The monoisotopic (exact) mass is 422 g/mol. The second-order valence-electron chi connectivity index (χ2n) is 5.11. The van der Waals surface area contributed by atoms with Crippen molar-refractivity contribution in [1.82, 2.24) is 9.55 Å². The molecule has 0 saturated carbocycles. The first-order valence-corrected chi connectivity index (χ1v) is 7.39. The number of benzene rings is 2. The summed E-state index contributed by atoms with van der Waals surface area (Å²) in [5, 5.41) is 16.8. The summed E-state index contributed by atoms with van der Waals surface area (Å²) in [5.41, 5.74) is 1.14. The molecule has 29 heavy (non-hydrogen) atoms. The number of imidazole rings is 1. The van der Waals surface area contributed by atoms with Crippen molar-refractivity contribution in [2.24, 2.45) is 0 Å². The first-order valence-electron chi connectivity index (χ1n) is 7.39. The zero-order valence-electron chi connectivity index (χ0n) is 14.1. The van der Waals surface area contributed by atoms with Crippen LogP contribution in [0.15, 0.2) is 61.2 Å². The summed E-state index contributed by atoms with van der Waals surface area (Å²) in [5.74, 6) is -5.51. The molecule has 12 heteroatoms. The van der Waals surface area contributed by atoms with Crippen LogP contribution in [0.2, 0.25) is 0 Å². The molecule has 2 N–H and O–H groups in total. The molecule has 0 radical (unpaired) electrons. The number of fused-ring (bicyclic) bond motifs is 1. The molecule has 0 aliphatic heterocycles. The van der Waals surface area contributed by atoms with Gasteiger partial charge in [-0.1, -0.05) is 30.3 Å². The Morgan fingerprint density at radius 1 is 0.828 bits per heavy atom. The molecule has 0 aliphatic rings. The fourth-order valence-corrected chi connectivity index (χ4v) is 1.75. The number of carboxylic acid groups (broad SMARTS) is 2. The van der Waals surface area contributed by atoms with Crippen molar-refractivity contribution < 1.29 is 46.1 Å². The van der Waals surface area contributed by atoms with Crippen LogP contribution < -0.4 is 0 Å². The fraction of sp³-hybridized carbons (Fsp3) is 0.118. The molecule has 0 aliphatic carbocycles. The molecule has 6 nitrogen and oxygen atoms in total. The molecule has 1 aromatic heterocycles. The van der Waals surface area contributed by atoms with Crippen LogP contribution in [0.3, 0.4) is 0 Å². The van der Waals surface area contributed by atoms with Gasteiger partial charge in [-0.3, -0.25) is 0 Å². The minimum absolute atomic E-state index is 1.14. The average Bonchev–Trinajstić information content (AvgIpc) is 3.15. The number of nitrogens with zero attached hydrogens (tertiary/aromatic N) is 2. The molecule has 2 aromatic carbocycles. The van der Waals surface area contributed by atoms with Gasteiger partial charge in [0.15, 0.2) is 0 Å². The summed E-state index contributed by atoms with van der Waals surface area (Å²) in [4.78, 5) is 21.8. The van der Waals surface area contributed by atoms with Gasteiger partial charge in [0.05, 0.1) is 6.33 Å². The smallest absolute Gasteiger partial charge is 0.475 e. The molecule has 3 rings (SSSR count). The van der Waals surface area contributed by atoms with E-state index in [4.69, 9.17) is 19.8 Å². The van der Waals surface area contributed by atoms with Crippen LogP contribution in [0, 0.1) is 0 Å². The van der Waals surface area contributed by atoms with Crippen LogP contribution in [0.1, 0.15) is 0 Å². The van der Waals surface area contributed by atoms with E-state index in [1.165, 1.54) is 10.8 Å². The average molecular weight is 422 g/mol. The topological polar surface area (TPSA) is 92.4 Å². The van der Waals surface area contributed by atoms with Crippen molar-refractivity contribution in [2.75, 3.05) is 0 Å². The molecule has 0 bridgehead atoms.